The van der Waals surface area contributed by atoms with Gasteiger partial charge in [-0.3, -0.25) is 10.1 Å². The van der Waals surface area contributed by atoms with Crippen LogP contribution in [0, 0.1) is 10.1 Å². The summed E-state index contributed by atoms with van der Waals surface area (Å²) in [6.07, 6.45) is 4.57. The summed E-state index contributed by atoms with van der Waals surface area (Å²) in [4.78, 5) is 20.6. The highest BCUT2D eigenvalue weighted by Gasteiger charge is 2.28. The van der Waals surface area contributed by atoms with Gasteiger partial charge in [-0.05, 0) is 37.5 Å². The van der Waals surface area contributed by atoms with E-state index in [0.29, 0.717) is 12.6 Å². The number of nitro groups is 1. The molecule has 1 aromatic heterocycles. The van der Waals surface area contributed by atoms with Gasteiger partial charge in [-0.25, -0.2) is 9.97 Å². The van der Waals surface area contributed by atoms with Crippen molar-refractivity contribution in [1.82, 2.24) is 9.97 Å². The van der Waals surface area contributed by atoms with E-state index in [4.69, 9.17) is 4.74 Å². The van der Waals surface area contributed by atoms with Gasteiger partial charge in [0.15, 0.2) is 0 Å². The van der Waals surface area contributed by atoms with E-state index in [2.05, 4.69) is 27.0 Å². The van der Waals surface area contributed by atoms with Crippen molar-refractivity contribution >= 4 is 11.6 Å². The molecule has 120 valence electrons. The Kier molecular flexibility index (Phi) is 4.36. The second-order valence-electron chi connectivity index (χ2n) is 5.35. The van der Waals surface area contributed by atoms with Crippen molar-refractivity contribution in [1.29, 1.82) is 0 Å². The molecule has 0 radical (unpaired) electrons. The van der Waals surface area contributed by atoms with E-state index in [-0.39, 0.29) is 11.7 Å². The van der Waals surface area contributed by atoms with E-state index in [1.165, 1.54) is 18.0 Å². The Labute approximate surface area is 134 Å². The van der Waals surface area contributed by atoms with Gasteiger partial charge in [0.1, 0.15) is 18.1 Å². The minimum absolute atomic E-state index is 0.0921. The predicted octanol–water partition coefficient (Wildman–Crippen LogP) is 3.13. The molecule has 23 heavy (non-hydrogen) atoms. The highest BCUT2D eigenvalue weighted by Crippen LogP contribution is 2.35. The first-order chi connectivity index (χ1) is 11.2. The lowest BCUT2D eigenvalue weighted by atomic mass is 10.0. The summed E-state index contributed by atoms with van der Waals surface area (Å²) in [7, 11) is 0. The molecule has 1 atom stereocenters. The van der Waals surface area contributed by atoms with Crippen molar-refractivity contribution in [2.75, 3.05) is 18.1 Å². The Bertz CT molecular complexity index is 673. The molecule has 0 spiro atoms. The fourth-order valence-corrected chi connectivity index (χ4v) is 2.86. The summed E-state index contributed by atoms with van der Waals surface area (Å²) < 4.78 is 5.47. The van der Waals surface area contributed by atoms with Crippen LogP contribution in [0.2, 0.25) is 0 Å². The third kappa shape index (κ3) is 3.23. The SMILES string of the molecule is CCOc1ccc(C2CCCN2c2ncc([N+](=O)[O-])cn2)cc1. The van der Waals surface area contributed by atoms with E-state index in [1.54, 1.807) is 0 Å². The first-order valence-electron chi connectivity index (χ1n) is 7.65. The summed E-state index contributed by atoms with van der Waals surface area (Å²) in [6, 6.07) is 8.23. The molecule has 0 bridgehead atoms. The highest BCUT2D eigenvalue weighted by molar-refractivity contribution is 5.41. The molecule has 0 saturated carbocycles. The zero-order chi connectivity index (χ0) is 16.2. The first kappa shape index (κ1) is 15.2. The van der Waals surface area contributed by atoms with Gasteiger partial charge in [0.25, 0.3) is 0 Å². The van der Waals surface area contributed by atoms with E-state index in [1.807, 2.05) is 19.1 Å². The maximum Gasteiger partial charge on any atom is 0.305 e. The minimum Gasteiger partial charge on any atom is -0.494 e. The maximum atomic E-state index is 10.7. The first-order valence-corrected chi connectivity index (χ1v) is 7.65. The Morgan fingerprint density at radius 2 is 2.00 bits per heavy atom. The van der Waals surface area contributed by atoms with Gasteiger partial charge in [0.2, 0.25) is 5.95 Å². The van der Waals surface area contributed by atoms with E-state index >= 15 is 0 Å². The lowest BCUT2D eigenvalue weighted by Gasteiger charge is -2.24. The van der Waals surface area contributed by atoms with Crippen molar-refractivity contribution < 1.29 is 9.66 Å². The third-order valence-corrected chi connectivity index (χ3v) is 3.92. The molecule has 7 heteroatoms. The van der Waals surface area contributed by atoms with E-state index in [0.717, 1.165) is 25.1 Å². The standard InChI is InChI=1S/C16H18N4O3/c1-2-23-14-7-5-12(6-8-14)15-4-3-9-19(15)16-17-10-13(11-18-16)20(21)22/h5-8,10-11,15H,2-4,9H2,1H3. The van der Waals surface area contributed by atoms with E-state index < -0.39 is 4.92 Å². The number of hydrogen-bond donors (Lipinski definition) is 0. The van der Waals surface area contributed by atoms with Gasteiger partial charge in [-0.2, -0.15) is 0 Å². The molecular formula is C16H18N4O3. The van der Waals surface area contributed by atoms with Crippen LogP contribution in [0.15, 0.2) is 36.7 Å². The summed E-state index contributed by atoms with van der Waals surface area (Å²) >= 11 is 0. The van der Waals surface area contributed by atoms with Crippen LogP contribution in [-0.4, -0.2) is 28.0 Å². The van der Waals surface area contributed by atoms with Gasteiger partial charge in [-0.1, -0.05) is 12.1 Å². The fraction of sp³-hybridized carbons (Fsp3) is 0.375. The minimum atomic E-state index is -0.488. The Morgan fingerprint density at radius 1 is 1.30 bits per heavy atom. The molecule has 7 nitrogen and oxygen atoms in total. The van der Waals surface area contributed by atoms with Crippen molar-refractivity contribution in [3.63, 3.8) is 0 Å². The molecule has 3 rings (SSSR count). The molecule has 1 unspecified atom stereocenters. The summed E-state index contributed by atoms with van der Waals surface area (Å²) in [5.74, 6) is 1.39. The van der Waals surface area contributed by atoms with Crippen LogP contribution in [-0.2, 0) is 0 Å². The van der Waals surface area contributed by atoms with Gasteiger partial charge in [0, 0.05) is 6.54 Å². The summed E-state index contributed by atoms with van der Waals surface area (Å²) in [5.41, 5.74) is 1.08. The third-order valence-electron chi connectivity index (χ3n) is 3.92. The molecular weight excluding hydrogens is 296 g/mol. The lowest BCUT2D eigenvalue weighted by Crippen LogP contribution is -2.24. The molecule has 0 aliphatic carbocycles. The number of nitrogens with zero attached hydrogens (tertiary/aromatic N) is 4. The van der Waals surface area contributed by atoms with Crippen LogP contribution in [0.25, 0.3) is 0 Å². The van der Waals surface area contributed by atoms with Crippen LogP contribution in [0.1, 0.15) is 31.4 Å². The Morgan fingerprint density at radius 3 is 2.61 bits per heavy atom. The largest absolute Gasteiger partial charge is 0.494 e. The van der Waals surface area contributed by atoms with Crippen LogP contribution < -0.4 is 9.64 Å². The van der Waals surface area contributed by atoms with Crippen LogP contribution in [0.3, 0.4) is 0 Å². The van der Waals surface area contributed by atoms with Crippen molar-refractivity contribution in [3.05, 3.63) is 52.3 Å². The topological polar surface area (TPSA) is 81.4 Å². The number of anilines is 1. The van der Waals surface area contributed by atoms with Gasteiger partial charge in [0.05, 0.1) is 17.6 Å². The Balaban J connectivity index is 1.80. The van der Waals surface area contributed by atoms with Gasteiger partial charge >= 0.3 is 5.69 Å². The zero-order valence-electron chi connectivity index (χ0n) is 12.9. The predicted molar refractivity (Wildman–Crippen MR) is 85.6 cm³/mol. The maximum absolute atomic E-state index is 10.7. The van der Waals surface area contributed by atoms with Crippen LogP contribution >= 0.6 is 0 Å². The number of aromatic nitrogens is 2. The molecule has 1 saturated heterocycles. The second-order valence-corrected chi connectivity index (χ2v) is 5.35. The van der Waals surface area contributed by atoms with E-state index in [9.17, 15) is 10.1 Å². The molecule has 1 fully saturated rings. The number of rotatable bonds is 5. The summed E-state index contributed by atoms with van der Waals surface area (Å²) in [6.45, 7) is 3.44. The van der Waals surface area contributed by atoms with Crippen molar-refractivity contribution in [2.24, 2.45) is 0 Å². The van der Waals surface area contributed by atoms with Crippen LogP contribution in [0.4, 0.5) is 11.6 Å². The molecule has 1 aromatic carbocycles. The van der Waals surface area contributed by atoms with Gasteiger partial charge < -0.3 is 9.64 Å². The van der Waals surface area contributed by atoms with Gasteiger partial charge in [-0.15, -0.1) is 0 Å². The normalized spacial score (nSPS) is 17.3. The Hall–Kier alpha value is -2.70. The fourth-order valence-electron chi connectivity index (χ4n) is 2.86. The zero-order valence-corrected chi connectivity index (χ0v) is 12.9. The van der Waals surface area contributed by atoms with Crippen LogP contribution in [0.5, 0.6) is 5.75 Å². The quantitative estimate of drug-likeness (QED) is 0.623. The molecule has 1 aliphatic heterocycles. The molecule has 2 heterocycles. The lowest BCUT2D eigenvalue weighted by molar-refractivity contribution is -0.385. The molecule has 0 amide bonds. The van der Waals surface area contributed by atoms with Crippen molar-refractivity contribution in [3.8, 4) is 5.75 Å². The smallest absolute Gasteiger partial charge is 0.305 e. The number of hydrogen-bond acceptors (Lipinski definition) is 6. The average Bonchev–Trinajstić information content (AvgIpc) is 3.05. The average molecular weight is 314 g/mol. The second kappa shape index (κ2) is 6.60. The molecule has 1 aliphatic rings. The molecule has 2 aromatic rings. The summed E-state index contributed by atoms with van der Waals surface area (Å²) in [5, 5.41) is 10.7. The monoisotopic (exact) mass is 314 g/mol. The number of ether oxygens (including phenoxy) is 1. The number of benzene rings is 1. The highest BCUT2D eigenvalue weighted by atomic mass is 16.6. The van der Waals surface area contributed by atoms with Crippen molar-refractivity contribution in [2.45, 2.75) is 25.8 Å². The molecule has 0 N–H and O–H groups in total.